The van der Waals surface area contributed by atoms with Gasteiger partial charge in [0.1, 0.15) is 0 Å². The number of ketones is 1. The van der Waals surface area contributed by atoms with Crippen molar-refractivity contribution in [3.8, 4) is 11.5 Å². The number of hydrogen-bond acceptors (Lipinski definition) is 3. The molecule has 1 aliphatic heterocycles. The molecule has 2 aromatic carbocycles. The fourth-order valence-electron chi connectivity index (χ4n) is 2.33. The summed E-state index contributed by atoms with van der Waals surface area (Å²) in [7, 11) is 0. The quantitative estimate of drug-likeness (QED) is 0.767. The molecular formula is C19H18O3. The maximum Gasteiger partial charge on any atom is 0.231 e. The maximum absolute atomic E-state index is 12.1. The van der Waals surface area contributed by atoms with Gasteiger partial charge in [0.15, 0.2) is 17.3 Å². The van der Waals surface area contributed by atoms with Gasteiger partial charge in [-0.1, -0.05) is 48.0 Å². The number of ether oxygens (including phenoxy) is 2. The van der Waals surface area contributed by atoms with Crippen molar-refractivity contribution in [2.75, 3.05) is 6.79 Å². The number of benzene rings is 2. The second-order valence-corrected chi connectivity index (χ2v) is 5.34. The van der Waals surface area contributed by atoms with Gasteiger partial charge in [-0.25, -0.2) is 0 Å². The molecule has 22 heavy (non-hydrogen) atoms. The average Bonchev–Trinajstić information content (AvgIpc) is 2.99. The standard InChI is InChI=1S/C19H18O3/c1-14-6-9-16(10-7-14)17(20)5-3-2-4-15-8-11-18-19(12-15)22-13-21-18/h2,4,6-12H,3,5,13H2,1H3/b4-2+. The smallest absolute Gasteiger partial charge is 0.231 e. The molecule has 0 unspecified atom stereocenters. The molecule has 0 radical (unpaired) electrons. The lowest BCUT2D eigenvalue weighted by atomic mass is 10.0. The first-order valence-corrected chi connectivity index (χ1v) is 7.38. The van der Waals surface area contributed by atoms with Gasteiger partial charge in [0.25, 0.3) is 0 Å². The zero-order chi connectivity index (χ0) is 15.4. The van der Waals surface area contributed by atoms with Crippen LogP contribution in [-0.2, 0) is 0 Å². The van der Waals surface area contributed by atoms with Crippen LogP contribution >= 0.6 is 0 Å². The van der Waals surface area contributed by atoms with E-state index in [4.69, 9.17) is 9.47 Å². The van der Waals surface area contributed by atoms with E-state index < -0.39 is 0 Å². The van der Waals surface area contributed by atoms with E-state index in [1.54, 1.807) is 0 Å². The topological polar surface area (TPSA) is 35.5 Å². The van der Waals surface area contributed by atoms with E-state index >= 15 is 0 Å². The van der Waals surface area contributed by atoms with Crippen LogP contribution < -0.4 is 9.47 Å². The van der Waals surface area contributed by atoms with Gasteiger partial charge in [0.05, 0.1) is 0 Å². The molecular weight excluding hydrogens is 276 g/mol. The van der Waals surface area contributed by atoms with Gasteiger partial charge >= 0.3 is 0 Å². The summed E-state index contributed by atoms with van der Waals surface area (Å²) in [6.07, 6.45) is 5.26. The van der Waals surface area contributed by atoms with E-state index in [0.29, 0.717) is 6.42 Å². The van der Waals surface area contributed by atoms with Crippen LogP contribution in [0.2, 0.25) is 0 Å². The zero-order valence-electron chi connectivity index (χ0n) is 12.5. The zero-order valence-corrected chi connectivity index (χ0v) is 12.5. The second-order valence-electron chi connectivity index (χ2n) is 5.34. The van der Waals surface area contributed by atoms with Gasteiger partial charge in [-0.15, -0.1) is 0 Å². The van der Waals surface area contributed by atoms with Crippen LogP contribution in [0.25, 0.3) is 6.08 Å². The molecule has 1 heterocycles. The third-order valence-corrected chi connectivity index (χ3v) is 3.62. The molecule has 0 fully saturated rings. The highest BCUT2D eigenvalue weighted by Gasteiger charge is 2.12. The molecule has 0 atom stereocenters. The molecule has 0 saturated carbocycles. The first kappa shape index (κ1) is 14.4. The van der Waals surface area contributed by atoms with Gasteiger partial charge < -0.3 is 9.47 Å². The highest BCUT2D eigenvalue weighted by molar-refractivity contribution is 5.96. The molecule has 0 saturated heterocycles. The number of fused-ring (bicyclic) bond motifs is 1. The first-order chi connectivity index (χ1) is 10.7. The Morgan fingerprint density at radius 2 is 1.86 bits per heavy atom. The van der Waals surface area contributed by atoms with E-state index in [-0.39, 0.29) is 12.6 Å². The lowest BCUT2D eigenvalue weighted by molar-refractivity contribution is 0.0983. The number of Topliss-reactive ketones (excluding diaryl/α,β-unsaturated/α-hetero) is 1. The second kappa shape index (κ2) is 6.48. The van der Waals surface area contributed by atoms with Crippen LogP contribution in [0, 0.1) is 6.92 Å². The van der Waals surface area contributed by atoms with Crippen molar-refractivity contribution >= 4 is 11.9 Å². The van der Waals surface area contributed by atoms with Gasteiger partial charge in [-0.2, -0.15) is 0 Å². The fourth-order valence-corrected chi connectivity index (χ4v) is 2.33. The average molecular weight is 294 g/mol. The molecule has 3 heteroatoms. The van der Waals surface area contributed by atoms with Crippen LogP contribution in [0.15, 0.2) is 48.5 Å². The number of allylic oxidation sites excluding steroid dienone is 1. The third-order valence-electron chi connectivity index (χ3n) is 3.62. The molecule has 0 amide bonds. The molecule has 2 aromatic rings. The van der Waals surface area contributed by atoms with Gasteiger partial charge in [0, 0.05) is 12.0 Å². The number of aryl methyl sites for hydroxylation is 1. The molecule has 0 N–H and O–H groups in total. The Morgan fingerprint density at radius 1 is 1.09 bits per heavy atom. The highest BCUT2D eigenvalue weighted by Crippen LogP contribution is 2.32. The monoisotopic (exact) mass is 294 g/mol. The molecule has 1 aliphatic rings. The molecule has 3 rings (SSSR count). The summed E-state index contributed by atoms with van der Waals surface area (Å²) in [6.45, 7) is 2.30. The van der Waals surface area contributed by atoms with Gasteiger partial charge in [-0.05, 0) is 31.0 Å². The van der Waals surface area contributed by atoms with Crippen LogP contribution in [-0.4, -0.2) is 12.6 Å². The Labute approximate surface area is 130 Å². The van der Waals surface area contributed by atoms with Crippen LogP contribution in [0.5, 0.6) is 11.5 Å². The Morgan fingerprint density at radius 3 is 2.68 bits per heavy atom. The summed E-state index contributed by atoms with van der Waals surface area (Å²) >= 11 is 0. The van der Waals surface area contributed by atoms with Crippen molar-refractivity contribution in [3.63, 3.8) is 0 Å². The minimum absolute atomic E-state index is 0.176. The van der Waals surface area contributed by atoms with Crippen molar-refractivity contribution in [2.45, 2.75) is 19.8 Å². The van der Waals surface area contributed by atoms with E-state index in [2.05, 4.69) is 0 Å². The summed E-state index contributed by atoms with van der Waals surface area (Å²) in [4.78, 5) is 12.1. The van der Waals surface area contributed by atoms with E-state index in [1.807, 2.05) is 61.5 Å². The Hall–Kier alpha value is -2.55. The predicted octanol–water partition coefficient (Wildman–Crippen LogP) is 4.40. The lowest BCUT2D eigenvalue weighted by Crippen LogP contribution is -1.97. The molecule has 0 aromatic heterocycles. The molecule has 0 spiro atoms. The predicted molar refractivity (Wildman–Crippen MR) is 86.3 cm³/mol. The Kier molecular flexibility index (Phi) is 4.24. The summed E-state index contributed by atoms with van der Waals surface area (Å²) < 4.78 is 10.6. The van der Waals surface area contributed by atoms with Crippen LogP contribution in [0.4, 0.5) is 0 Å². The summed E-state index contributed by atoms with van der Waals surface area (Å²) in [5.41, 5.74) is 2.99. The molecule has 112 valence electrons. The Balaban J connectivity index is 1.54. The van der Waals surface area contributed by atoms with Crippen LogP contribution in [0.3, 0.4) is 0 Å². The number of carbonyl (C=O) groups excluding carboxylic acids is 1. The SMILES string of the molecule is Cc1ccc(C(=O)CC/C=C/c2ccc3c(c2)OCO3)cc1. The summed E-state index contributed by atoms with van der Waals surface area (Å²) in [6, 6.07) is 13.5. The van der Waals surface area contributed by atoms with Crippen molar-refractivity contribution in [3.05, 3.63) is 65.2 Å². The van der Waals surface area contributed by atoms with E-state index in [1.165, 1.54) is 5.56 Å². The summed E-state index contributed by atoms with van der Waals surface area (Å²) in [5, 5.41) is 0. The summed E-state index contributed by atoms with van der Waals surface area (Å²) in [5.74, 6) is 1.74. The first-order valence-electron chi connectivity index (χ1n) is 7.38. The minimum Gasteiger partial charge on any atom is -0.454 e. The van der Waals surface area contributed by atoms with Crippen molar-refractivity contribution in [2.24, 2.45) is 0 Å². The number of hydrogen-bond donors (Lipinski definition) is 0. The fraction of sp³-hybridized carbons (Fsp3) is 0.211. The molecule has 3 nitrogen and oxygen atoms in total. The minimum atomic E-state index is 0.176. The largest absolute Gasteiger partial charge is 0.454 e. The van der Waals surface area contributed by atoms with Gasteiger partial charge in [-0.3, -0.25) is 4.79 Å². The van der Waals surface area contributed by atoms with Crippen molar-refractivity contribution in [1.29, 1.82) is 0 Å². The highest BCUT2D eigenvalue weighted by atomic mass is 16.7. The van der Waals surface area contributed by atoms with Crippen molar-refractivity contribution < 1.29 is 14.3 Å². The lowest BCUT2D eigenvalue weighted by Gasteiger charge is -2.00. The maximum atomic E-state index is 12.1. The van der Waals surface area contributed by atoms with Crippen molar-refractivity contribution in [1.82, 2.24) is 0 Å². The Bertz CT molecular complexity index is 699. The molecule has 0 bridgehead atoms. The van der Waals surface area contributed by atoms with Gasteiger partial charge in [0.2, 0.25) is 6.79 Å². The molecule has 0 aliphatic carbocycles. The number of rotatable bonds is 5. The van der Waals surface area contributed by atoms with E-state index in [9.17, 15) is 4.79 Å². The normalized spacial score (nSPS) is 12.8. The van der Waals surface area contributed by atoms with Crippen LogP contribution in [0.1, 0.15) is 34.3 Å². The number of carbonyl (C=O) groups is 1. The third kappa shape index (κ3) is 3.37. The van der Waals surface area contributed by atoms with E-state index in [0.717, 1.165) is 29.0 Å².